The highest BCUT2D eigenvalue weighted by Gasteiger charge is 1.97. The number of aryl methyl sites for hydroxylation is 2. The van der Waals surface area contributed by atoms with Gasteiger partial charge in [0.25, 0.3) is 0 Å². The van der Waals surface area contributed by atoms with E-state index in [0.29, 0.717) is 0 Å². The van der Waals surface area contributed by atoms with E-state index in [-0.39, 0.29) is 0 Å². The minimum atomic E-state index is 0.922. The van der Waals surface area contributed by atoms with Crippen LogP contribution < -0.4 is 0 Å². The van der Waals surface area contributed by atoms with Crippen molar-refractivity contribution in [1.29, 1.82) is 0 Å². The number of azo groups is 1. The molecule has 2 aromatic rings. The van der Waals surface area contributed by atoms with Gasteiger partial charge in [-0.05, 0) is 61.1 Å². The zero-order valence-corrected chi connectivity index (χ0v) is 16.6. The Morgan fingerprint density at radius 3 is 1.23 bits per heavy atom. The summed E-state index contributed by atoms with van der Waals surface area (Å²) in [7, 11) is 0. The Hall–Kier alpha value is -1.96. The summed E-state index contributed by atoms with van der Waals surface area (Å²) in [5.74, 6) is 0. The van der Waals surface area contributed by atoms with Gasteiger partial charge in [0, 0.05) is 0 Å². The molecule has 0 N–H and O–H groups in total. The molecule has 0 aromatic heterocycles. The van der Waals surface area contributed by atoms with Gasteiger partial charge in [0.05, 0.1) is 11.4 Å². The molecule has 2 nitrogen and oxygen atoms in total. The summed E-state index contributed by atoms with van der Waals surface area (Å²) < 4.78 is 0. The van der Waals surface area contributed by atoms with Crippen LogP contribution in [0.5, 0.6) is 0 Å². The second-order valence-electron chi connectivity index (χ2n) is 7.15. The van der Waals surface area contributed by atoms with Crippen LogP contribution in [-0.2, 0) is 12.8 Å². The maximum absolute atomic E-state index is 4.37. The molecule has 0 atom stereocenters. The molecule has 0 saturated carbocycles. The molecule has 0 unspecified atom stereocenters. The molecule has 0 aliphatic rings. The maximum atomic E-state index is 4.37. The minimum Gasteiger partial charge on any atom is -0.151 e. The quantitative estimate of drug-likeness (QED) is 0.271. The predicted octanol–water partition coefficient (Wildman–Crippen LogP) is 8.35. The molecule has 26 heavy (non-hydrogen) atoms. The van der Waals surface area contributed by atoms with Crippen LogP contribution in [-0.4, -0.2) is 0 Å². The van der Waals surface area contributed by atoms with Crippen molar-refractivity contribution in [2.45, 2.75) is 78.1 Å². The molecule has 2 heteroatoms. The second kappa shape index (κ2) is 12.4. The fraction of sp³-hybridized carbons (Fsp3) is 0.500. The zero-order chi connectivity index (χ0) is 18.5. The predicted molar refractivity (Wildman–Crippen MR) is 113 cm³/mol. The summed E-state index contributed by atoms with van der Waals surface area (Å²) in [5, 5.41) is 8.74. The van der Waals surface area contributed by atoms with Gasteiger partial charge < -0.3 is 0 Å². The maximum Gasteiger partial charge on any atom is 0.0857 e. The zero-order valence-electron chi connectivity index (χ0n) is 16.6. The van der Waals surface area contributed by atoms with Crippen LogP contribution in [0.4, 0.5) is 11.4 Å². The highest BCUT2D eigenvalue weighted by Crippen LogP contribution is 2.20. The van der Waals surface area contributed by atoms with Crippen LogP contribution >= 0.6 is 0 Å². The van der Waals surface area contributed by atoms with Gasteiger partial charge in [0.1, 0.15) is 0 Å². The highest BCUT2D eigenvalue weighted by molar-refractivity contribution is 5.42. The molecule has 0 heterocycles. The Morgan fingerprint density at radius 1 is 0.500 bits per heavy atom. The Bertz CT molecular complexity index is 569. The van der Waals surface area contributed by atoms with E-state index in [4.69, 9.17) is 0 Å². The largest absolute Gasteiger partial charge is 0.151 e. The molecule has 140 valence electrons. The van der Waals surface area contributed by atoms with E-state index in [1.54, 1.807) is 0 Å². The lowest BCUT2D eigenvalue weighted by Crippen LogP contribution is -1.85. The van der Waals surface area contributed by atoms with Crippen molar-refractivity contribution >= 4 is 11.4 Å². The van der Waals surface area contributed by atoms with E-state index in [9.17, 15) is 0 Å². The fourth-order valence-electron chi connectivity index (χ4n) is 3.09. The lowest BCUT2D eigenvalue weighted by Gasteiger charge is -2.02. The molecule has 2 rings (SSSR count). The number of nitrogens with zero attached hydrogens (tertiary/aromatic N) is 2. The molecular weight excluding hydrogens is 316 g/mol. The number of hydrogen-bond donors (Lipinski definition) is 0. The Morgan fingerprint density at radius 2 is 0.885 bits per heavy atom. The lowest BCUT2D eigenvalue weighted by atomic mass is 10.1. The molecule has 0 fully saturated rings. The normalized spacial score (nSPS) is 11.3. The molecule has 2 aromatic carbocycles. The van der Waals surface area contributed by atoms with Crippen molar-refractivity contribution in [1.82, 2.24) is 0 Å². The van der Waals surface area contributed by atoms with Crippen LogP contribution in [0.15, 0.2) is 58.8 Å². The van der Waals surface area contributed by atoms with Gasteiger partial charge in [-0.3, -0.25) is 0 Å². The van der Waals surface area contributed by atoms with Gasteiger partial charge in [-0.2, -0.15) is 10.2 Å². The molecular formula is C24H34N2. The molecule has 0 spiro atoms. The van der Waals surface area contributed by atoms with Gasteiger partial charge in [0.15, 0.2) is 0 Å². The number of hydrogen-bond acceptors (Lipinski definition) is 2. The van der Waals surface area contributed by atoms with Crippen LogP contribution in [0.25, 0.3) is 0 Å². The highest BCUT2D eigenvalue weighted by atomic mass is 15.1. The van der Waals surface area contributed by atoms with Crippen molar-refractivity contribution in [2.75, 3.05) is 0 Å². The number of rotatable bonds is 12. The number of benzene rings is 2. The molecule has 0 radical (unpaired) electrons. The third-order valence-corrected chi connectivity index (χ3v) is 4.79. The van der Waals surface area contributed by atoms with E-state index < -0.39 is 0 Å². The Labute approximate surface area is 159 Å². The average Bonchev–Trinajstić information content (AvgIpc) is 2.69. The summed E-state index contributed by atoms with van der Waals surface area (Å²) >= 11 is 0. The Balaban J connectivity index is 1.79. The summed E-state index contributed by atoms with van der Waals surface area (Å²) in [6, 6.07) is 17.0. The summed E-state index contributed by atoms with van der Waals surface area (Å²) in [6.07, 6.45) is 12.8. The lowest BCUT2D eigenvalue weighted by molar-refractivity contribution is 0.667. The van der Waals surface area contributed by atoms with Gasteiger partial charge in [0.2, 0.25) is 0 Å². The van der Waals surface area contributed by atoms with Crippen LogP contribution in [0.2, 0.25) is 0 Å². The summed E-state index contributed by atoms with van der Waals surface area (Å²) in [5.41, 5.74) is 4.64. The monoisotopic (exact) mass is 350 g/mol. The van der Waals surface area contributed by atoms with Gasteiger partial charge in [-0.15, -0.1) is 0 Å². The molecule has 0 saturated heterocycles. The first kappa shape index (κ1) is 20.4. The smallest absolute Gasteiger partial charge is 0.0857 e. The van der Waals surface area contributed by atoms with E-state index >= 15 is 0 Å². The van der Waals surface area contributed by atoms with E-state index in [1.165, 1.54) is 62.5 Å². The SMILES string of the molecule is CCCCCCc1ccc(N=Nc2ccc(CCCCCC)cc2)cc1. The topological polar surface area (TPSA) is 24.7 Å². The van der Waals surface area contributed by atoms with Gasteiger partial charge in [-0.1, -0.05) is 76.6 Å². The van der Waals surface area contributed by atoms with Crippen LogP contribution in [0, 0.1) is 0 Å². The van der Waals surface area contributed by atoms with Gasteiger partial charge in [-0.25, -0.2) is 0 Å². The second-order valence-corrected chi connectivity index (χ2v) is 7.15. The average molecular weight is 351 g/mol. The van der Waals surface area contributed by atoms with Crippen molar-refractivity contribution < 1.29 is 0 Å². The van der Waals surface area contributed by atoms with Gasteiger partial charge >= 0.3 is 0 Å². The molecule has 0 bridgehead atoms. The van der Waals surface area contributed by atoms with Crippen molar-refractivity contribution in [3.8, 4) is 0 Å². The molecule has 0 aliphatic heterocycles. The third kappa shape index (κ3) is 7.95. The first-order valence-electron chi connectivity index (χ1n) is 10.4. The van der Waals surface area contributed by atoms with Crippen LogP contribution in [0.1, 0.15) is 76.3 Å². The van der Waals surface area contributed by atoms with E-state index in [2.05, 4.69) is 72.6 Å². The fourth-order valence-corrected chi connectivity index (χ4v) is 3.09. The van der Waals surface area contributed by atoms with Crippen LogP contribution in [0.3, 0.4) is 0 Å². The van der Waals surface area contributed by atoms with Crippen molar-refractivity contribution in [3.63, 3.8) is 0 Å². The van der Waals surface area contributed by atoms with Crippen molar-refractivity contribution in [2.24, 2.45) is 10.2 Å². The third-order valence-electron chi connectivity index (χ3n) is 4.79. The molecule has 0 aliphatic carbocycles. The Kier molecular flexibility index (Phi) is 9.71. The first-order chi connectivity index (χ1) is 12.8. The minimum absolute atomic E-state index is 0.922. The standard InChI is InChI=1S/C24H34N2/c1-3-5-7-9-11-21-13-17-23(18-14-21)25-26-24-19-15-22(16-20-24)12-10-8-6-4-2/h13-20H,3-12H2,1-2H3. The van der Waals surface area contributed by atoms with E-state index in [0.717, 1.165) is 24.2 Å². The van der Waals surface area contributed by atoms with E-state index in [1.807, 2.05) is 0 Å². The summed E-state index contributed by atoms with van der Waals surface area (Å²) in [6.45, 7) is 4.50. The first-order valence-corrected chi connectivity index (χ1v) is 10.4. The summed E-state index contributed by atoms with van der Waals surface area (Å²) in [4.78, 5) is 0. The van der Waals surface area contributed by atoms with Crippen molar-refractivity contribution in [3.05, 3.63) is 59.7 Å². The number of unbranched alkanes of at least 4 members (excludes halogenated alkanes) is 6. The molecule has 0 amide bonds.